The lowest BCUT2D eigenvalue weighted by atomic mass is 9.97. The predicted octanol–water partition coefficient (Wildman–Crippen LogP) is 3.19. The summed E-state index contributed by atoms with van der Waals surface area (Å²) >= 11 is 0. The second kappa shape index (κ2) is 8.25. The summed E-state index contributed by atoms with van der Waals surface area (Å²) in [6.07, 6.45) is 1.64. The number of benzene rings is 1. The summed E-state index contributed by atoms with van der Waals surface area (Å²) in [5, 5.41) is 9.02. The summed E-state index contributed by atoms with van der Waals surface area (Å²) in [4.78, 5) is 13.3. The van der Waals surface area contributed by atoms with Gasteiger partial charge in [0, 0.05) is 12.1 Å². The fraction of sp³-hybridized carbons (Fsp3) is 0.562. The van der Waals surface area contributed by atoms with Crippen LogP contribution in [-0.2, 0) is 11.3 Å². The fourth-order valence-electron chi connectivity index (χ4n) is 2.58. The zero-order valence-electron chi connectivity index (χ0n) is 12.6. The van der Waals surface area contributed by atoms with Crippen LogP contribution in [0.4, 0.5) is 0 Å². The third-order valence-corrected chi connectivity index (χ3v) is 3.67. The number of carboxylic acids is 1. The molecule has 21 heavy (non-hydrogen) atoms. The number of aliphatic carboxylic acids is 1. The van der Waals surface area contributed by atoms with Crippen LogP contribution in [0.15, 0.2) is 24.3 Å². The third-order valence-electron chi connectivity index (χ3n) is 3.67. The van der Waals surface area contributed by atoms with E-state index in [0.717, 1.165) is 38.2 Å². The van der Waals surface area contributed by atoms with Crippen LogP contribution in [0.1, 0.15) is 32.3 Å². The van der Waals surface area contributed by atoms with Gasteiger partial charge in [-0.25, -0.2) is 0 Å². The Hall–Kier alpha value is -1.26. The molecule has 1 aromatic rings. The van der Waals surface area contributed by atoms with E-state index in [4.69, 9.17) is 9.84 Å². The standard InChI is InChI=1S/C16H23NO3.ClH/c1-12(2)20-15-6-4-3-5-14(15)11-17-9-7-13(8-10-17)16(18)19;/h3-6,12-13H,7-11H2,1-2H3,(H,18,19);1H. The highest BCUT2D eigenvalue weighted by Gasteiger charge is 2.24. The average molecular weight is 314 g/mol. The molecule has 0 radical (unpaired) electrons. The number of hydrogen-bond donors (Lipinski definition) is 1. The molecule has 0 spiro atoms. The number of para-hydroxylation sites is 1. The highest BCUT2D eigenvalue weighted by molar-refractivity contribution is 5.85. The normalized spacial score (nSPS) is 16.5. The summed E-state index contributed by atoms with van der Waals surface area (Å²) in [7, 11) is 0. The number of hydrogen-bond acceptors (Lipinski definition) is 3. The van der Waals surface area contributed by atoms with Crippen LogP contribution in [0.25, 0.3) is 0 Å². The number of nitrogens with zero attached hydrogens (tertiary/aromatic N) is 1. The van der Waals surface area contributed by atoms with Gasteiger partial charge in [-0.1, -0.05) is 18.2 Å². The molecule has 1 aliphatic heterocycles. The Kier molecular flexibility index (Phi) is 6.99. The zero-order valence-corrected chi connectivity index (χ0v) is 13.4. The van der Waals surface area contributed by atoms with Gasteiger partial charge in [-0.3, -0.25) is 9.69 Å². The van der Waals surface area contributed by atoms with Crippen molar-refractivity contribution in [3.8, 4) is 5.75 Å². The van der Waals surface area contributed by atoms with E-state index in [-0.39, 0.29) is 24.4 Å². The fourth-order valence-corrected chi connectivity index (χ4v) is 2.58. The van der Waals surface area contributed by atoms with Gasteiger partial charge in [0.2, 0.25) is 0 Å². The molecule has 1 N–H and O–H groups in total. The van der Waals surface area contributed by atoms with Gasteiger partial charge in [-0.15, -0.1) is 12.4 Å². The van der Waals surface area contributed by atoms with Gasteiger partial charge in [0.1, 0.15) is 5.75 Å². The number of carbonyl (C=O) groups is 1. The highest BCUT2D eigenvalue weighted by Crippen LogP contribution is 2.24. The zero-order chi connectivity index (χ0) is 14.5. The van der Waals surface area contributed by atoms with Gasteiger partial charge in [0.15, 0.2) is 0 Å². The molecule has 1 saturated heterocycles. The smallest absolute Gasteiger partial charge is 0.306 e. The lowest BCUT2D eigenvalue weighted by Gasteiger charge is -2.30. The molecule has 0 atom stereocenters. The molecule has 0 saturated carbocycles. The van der Waals surface area contributed by atoms with E-state index in [1.54, 1.807) is 0 Å². The van der Waals surface area contributed by atoms with Crippen molar-refractivity contribution in [1.29, 1.82) is 0 Å². The first-order valence-electron chi connectivity index (χ1n) is 7.26. The van der Waals surface area contributed by atoms with E-state index >= 15 is 0 Å². The molecule has 1 heterocycles. The molecular weight excluding hydrogens is 290 g/mol. The maximum Gasteiger partial charge on any atom is 0.306 e. The van der Waals surface area contributed by atoms with Gasteiger partial charge in [-0.05, 0) is 45.8 Å². The molecule has 0 aromatic heterocycles. The number of piperidine rings is 1. The Morgan fingerprint density at radius 1 is 1.33 bits per heavy atom. The number of likely N-dealkylation sites (tertiary alicyclic amines) is 1. The van der Waals surface area contributed by atoms with Crippen molar-refractivity contribution in [2.75, 3.05) is 13.1 Å². The molecule has 0 bridgehead atoms. The van der Waals surface area contributed by atoms with E-state index < -0.39 is 5.97 Å². The van der Waals surface area contributed by atoms with Crippen LogP contribution >= 0.6 is 12.4 Å². The summed E-state index contributed by atoms with van der Waals surface area (Å²) < 4.78 is 5.83. The molecule has 5 heteroatoms. The minimum absolute atomic E-state index is 0. The molecule has 0 unspecified atom stereocenters. The first kappa shape index (κ1) is 17.8. The second-order valence-corrected chi connectivity index (χ2v) is 5.66. The Balaban J connectivity index is 0.00000220. The number of carboxylic acid groups (broad SMARTS) is 1. The van der Waals surface area contributed by atoms with Crippen LogP contribution in [0.5, 0.6) is 5.75 Å². The molecule has 1 aliphatic rings. The minimum atomic E-state index is -0.659. The number of ether oxygens (including phenoxy) is 1. The molecule has 118 valence electrons. The highest BCUT2D eigenvalue weighted by atomic mass is 35.5. The maximum absolute atomic E-state index is 11.0. The van der Waals surface area contributed by atoms with E-state index in [0.29, 0.717) is 0 Å². The molecule has 1 fully saturated rings. The Bertz CT molecular complexity index is 457. The van der Waals surface area contributed by atoms with Crippen molar-refractivity contribution in [2.24, 2.45) is 5.92 Å². The van der Waals surface area contributed by atoms with Gasteiger partial charge < -0.3 is 9.84 Å². The predicted molar refractivity (Wildman–Crippen MR) is 85.1 cm³/mol. The topological polar surface area (TPSA) is 49.8 Å². The second-order valence-electron chi connectivity index (χ2n) is 5.66. The first-order chi connectivity index (χ1) is 9.56. The lowest BCUT2D eigenvalue weighted by molar-refractivity contribution is -0.143. The SMILES string of the molecule is CC(C)Oc1ccccc1CN1CCC(C(=O)O)CC1.Cl. The average Bonchev–Trinajstić information content (AvgIpc) is 2.41. The quantitative estimate of drug-likeness (QED) is 0.907. The van der Waals surface area contributed by atoms with E-state index in [1.807, 2.05) is 32.0 Å². The summed E-state index contributed by atoms with van der Waals surface area (Å²) in [6, 6.07) is 8.09. The number of rotatable bonds is 5. The van der Waals surface area contributed by atoms with Crippen LogP contribution in [0.2, 0.25) is 0 Å². The summed E-state index contributed by atoms with van der Waals surface area (Å²) in [5.41, 5.74) is 1.18. The Morgan fingerprint density at radius 2 is 1.95 bits per heavy atom. The van der Waals surface area contributed by atoms with Crippen LogP contribution in [0.3, 0.4) is 0 Å². The molecule has 1 aromatic carbocycles. The Labute approximate surface area is 132 Å². The minimum Gasteiger partial charge on any atom is -0.491 e. The van der Waals surface area contributed by atoms with Crippen molar-refractivity contribution in [3.05, 3.63) is 29.8 Å². The summed E-state index contributed by atoms with van der Waals surface area (Å²) in [6.45, 7) is 6.56. The third kappa shape index (κ3) is 5.21. The molecule has 0 amide bonds. The van der Waals surface area contributed by atoms with Gasteiger partial charge in [0.25, 0.3) is 0 Å². The molecule has 2 rings (SSSR count). The maximum atomic E-state index is 11.0. The van der Waals surface area contributed by atoms with Crippen molar-refractivity contribution in [3.63, 3.8) is 0 Å². The van der Waals surface area contributed by atoms with Crippen molar-refractivity contribution >= 4 is 18.4 Å². The molecular formula is C16H24ClNO3. The summed E-state index contributed by atoms with van der Waals surface area (Å²) in [5.74, 6) is 0.101. The number of halogens is 1. The van der Waals surface area contributed by atoms with Gasteiger partial charge in [0.05, 0.1) is 12.0 Å². The lowest BCUT2D eigenvalue weighted by Crippen LogP contribution is -2.35. The van der Waals surface area contributed by atoms with Crippen LogP contribution in [0, 0.1) is 5.92 Å². The monoisotopic (exact) mass is 313 g/mol. The van der Waals surface area contributed by atoms with E-state index in [2.05, 4.69) is 11.0 Å². The van der Waals surface area contributed by atoms with Crippen molar-refractivity contribution in [1.82, 2.24) is 4.90 Å². The molecule has 4 nitrogen and oxygen atoms in total. The largest absolute Gasteiger partial charge is 0.491 e. The van der Waals surface area contributed by atoms with E-state index in [1.165, 1.54) is 5.56 Å². The van der Waals surface area contributed by atoms with Gasteiger partial charge in [-0.2, -0.15) is 0 Å². The first-order valence-corrected chi connectivity index (χ1v) is 7.26. The Morgan fingerprint density at radius 3 is 2.52 bits per heavy atom. The van der Waals surface area contributed by atoms with Crippen molar-refractivity contribution in [2.45, 2.75) is 39.3 Å². The van der Waals surface area contributed by atoms with Crippen LogP contribution < -0.4 is 4.74 Å². The molecule has 0 aliphatic carbocycles. The van der Waals surface area contributed by atoms with Crippen molar-refractivity contribution < 1.29 is 14.6 Å². The van der Waals surface area contributed by atoms with Crippen LogP contribution in [-0.4, -0.2) is 35.2 Å². The van der Waals surface area contributed by atoms with Gasteiger partial charge >= 0.3 is 5.97 Å². The van der Waals surface area contributed by atoms with E-state index in [9.17, 15) is 4.79 Å².